The van der Waals surface area contributed by atoms with E-state index in [0.717, 1.165) is 111 Å². The van der Waals surface area contributed by atoms with Crippen LogP contribution in [0.4, 0.5) is 0 Å². The highest BCUT2D eigenvalue weighted by molar-refractivity contribution is 6.17. The molecule has 0 radical (unpaired) electrons. The van der Waals surface area contributed by atoms with Crippen LogP contribution in [0.2, 0.25) is 0 Å². The van der Waals surface area contributed by atoms with Crippen LogP contribution >= 0.6 is 0 Å². The fourth-order valence-electron chi connectivity index (χ4n) is 9.42. The van der Waals surface area contributed by atoms with E-state index >= 15 is 0 Å². The predicted octanol–water partition coefficient (Wildman–Crippen LogP) is 15.1. The molecule has 0 amide bonds. The second-order valence-corrected chi connectivity index (χ2v) is 15.6. The Bertz CT molecular complexity index is 3640. The van der Waals surface area contributed by atoms with E-state index in [4.69, 9.17) is 14.6 Å². The van der Waals surface area contributed by atoms with E-state index in [-0.39, 0.29) is 0 Å². The number of hydrogen-bond donors (Lipinski definition) is 1. The fourth-order valence-corrected chi connectivity index (χ4v) is 9.42. The lowest BCUT2D eigenvalue weighted by molar-refractivity contribution is 0.669. The van der Waals surface area contributed by atoms with E-state index in [2.05, 4.69) is 198 Å². The quantitative estimate of drug-likeness (QED) is 0.175. The van der Waals surface area contributed by atoms with Crippen molar-refractivity contribution in [3.63, 3.8) is 0 Å². The van der Waals surface area contributed by atoms with E-state index in [1.807, 2.05) is 24.3 Å². The average Bonchev–Trinajstić information content (AvgIpc) is 3.93. The zero-order chi connectivity index (χ0) is 41.0. The van der Waals surface area contributed by atoms with Crippen LogP contribution in [0, 0.1) is 0 Å². The minimum atomic E-state index is 0.715. The molecule has 290 valence electrons. The van der Waals surface area contributed by atoms with Crippen molar-refractivity contribution >= 4 is 43.7 Å². The molecule has 0 spiro atoms. The molecule has 0 bridgehead atoms. The maximum Gasteiger partial charge on any atom is 0.136 e. The van der Waals surface area contributed by atoms with E-state index in [1.165, 1.54) is 5.39 Å². The molecule has 0 aliphatic rings. The van der Waals surface area contributed by atoms with Gasteiger partial charge < -0.3 is 9.40 Å². The summed E-state index contributed by atoms with van der Waals surface area (Å²) in [6.45, 7) is 0. The molecular weight excluding hydrogens is 757 g/mol. The monoisotopic (exact) mass is 792 g/mol. The first kappa shape index (κ1) is 35.5. The Morgan fingerprint density at radius 3 is 1.61 bits per heavy atom. The zero-order valence-electron chi connectivity index (χ0n) is 33.5. The summed E-state index contributed by atoms with van der Waals surface area (Å²) < 4.78 is 6.50. The summed E-state index contributed by atoms with van der Waals surface area (Å²) >= 11 is 0. The lowest BCUT2D eigenvalue weighted by Gasteiger charge is -2.22. The average molecular weight is 793 g/mol. The number of benzene rings is 9. The maximum atomic E-state index is 6.50. The standard InChI is InChI=1S/C57H36N4O/c1-3-18-36(19-4-1)38-22-7-8-23-40(38)41-24-9-10-26-44(41)56-54(57(60-61-59-56)48-32-17-35-51-52(48)47-27-12-14-34-50(47)62-51)53-39(37-20-5-2-6-21-37)28-15-29-43(53)46-31-16-30-45-42-25-11-13-33-49(42)58-55(45)46/h1-35,58H. The van der Waals surface area contributed by atoms with Gasteiger partial charge in [-0.3, -0.25) is 0 Å². The Hall–Kier alpha value is -8.41. The number of aromatic amines is 1. The summed E-state index contributed by atoms with van der Waals surface area (Å²) in [6.07, 6.45) is 0. The third-order valence-electron chi connectivity index (χ3n) is 12.1. The van der Waals surface area contributed by atoms with Gasteiger partial charge in [0.05, 0.1) is 5.52 Å². The number of H-pyrrole nitrogens is 1. The smallest absolute Gasteiger partial charge is 0.136 e. The number of para-hydroxylation sites is 3. The molecule has 5 nitrogen and oxygen atoms in total. The number of fused-ring (bicyclic) bond motifs is 6. The molecule has 12 aromatic rings. The Morgan fingerprint density at radius 1 is 0.323 bits per heavy atom. The second-order valence-electron chi connectivity index (χ2n) is 15.6. The van der Waals surface area contributed by atoms with Crippen LogP contribution < -0.4 is 0 Å². The van der Waals surface area contributed by atoms with Gasteiger partial charge in [-0.15, -0.1) is 10.2 Å². The third-order valence-corrected chi connectivity index (χ3v) is 12.1. The van der Waals surface area contributed by atoms with Gasteiger partial charge in [0.25, 0.3) is 0 Å². The summed E-state index contributed by atoms with van der Waals surface area (Å²) in [5, 5.41) is 19.2. The number of hydrogen-bond acceptors (Lipinski definition) is 4. The lowest BCUT2D eigenvalue weighted by atomic mass is 9.82. The largest absolute Gasteiger partial charge is 0.456 e. The van der Waals surface area contributed by atoms with Gasteiger partial charge in [0.1, 0.15) is 22.6 Å². The van der Waals surface area contributed by atoms with Gasteiger partial charge >= 0.3 is 0 Å². The molecule has 3 heterocycles. The SMILES string of the molecule is c1ccc(-c2ccccc2-c2ccccc2-c2nnnc(-c3cccc4oc5ccccc5c34)c2-c2c(-c3ccccc3)cccc2-c2cccc3c2[nH]c2ccccc23)cc1. The molecule has 9 aromatic carbocycles. The van der Waals surface area contributed by atoms with Crippen molar-refractivity contribution in [1.29, 1.82) is 0 Å². The van der Waals surface area contributed by atoms with Crippen LogP contribution in [0.15, 0.2) is 217 Å². The van der Waals surface area contributed by atoms with Crippen molar-refractivity contribution in [3.05, 3.63) is 212 Å². The van der Waals surface area contributed by atoms with Crippen molar-refractivity contribution < 1.29 is 4.42 Å². The highest BCUT2D eigenvalue weighted by Crippen LogP contribution is 2.51. The van der Waals surface area contributed by atoms with Crippen molar-refractivity contribution in [1.82, 2.24) is 20.4 Å². The van der Waals surface area contributed by atoms with Gasteiger partial charge in [-0.25, -0.2) is 0 Å². The normalized spacial score (nSPS) is 11.5. The molecule has 3 aromatic heterocycles. The van der Waals surface area contributed by atoms with E-state index in [1.54, 1.807) is 0 Å². The van der Waals surface area contributed by atoms with E-state index in [9.17, 15) is 0 Å². The molecule has 0 saturated carbocycles. The molecule has 0 fully saturated rings. The minimum Gasteiger partial charge on any atom is -0.456 e. The van der Waals surface area contributed by atoms with Gasteiger partial charge in [0, 0.05) is 54.9 Å². The zero-order valence-corrected chi connectivity index (χ0v) is 33.5. The molecule has 5 heteroatoms. The topological polar surface area (TPSA) is 67.6 Å². The molecule has 1 N–H and O–H groups in total. The number of rotatable bonds is 7. The Morgan fingerprint density at radius 2 is 0.823 bits per heavy atom. The molecule has 0 aliphatic carbocycles. The van der Waals surface area contributed by atoms with Crippen LogP contribution in [0.1, 0.15) is 0 Å². The summed E-state index contributed by atoms with van der Waals surface area (Å²) in [7, 11) is 0. The summed E-state index contributed by atoms with van der Waals surface area (Å²) in [5.41, 5.74) is 17.6. The maximum absolute atomic E-state index is 6.50. The number of nitrogens with one attached hydrogen (secondary N) is 1. The van der Waals surface area contributed by atoms with E-state index < -0.39 is 0 Å². The molecule has 0 unspecified atom stereocenters. The first-order valence-electron chi connectivity index (χ1n) is 20.9. The van der Waals surface area contributed by atoms with Crippen LogP contribution in [0.5, 0.6) is 0 Å². The molecule has 0 saturated heterocycles. The Labute approximate surface area is 357 Å². The summed E-state index contributed by atoms with van der Waals surface area (Å²) in [6, 6.07) is 74.5. The van der Waals surface area contributed by atoms with Gasteiger partial charge in [0.2, 0.25) is 0 Å². The second kappa shape index (κ2) is 14.7. The summed E-state index contributed by atoms with van der Waals surface area (Å²) in [5.74, 6) is 0. The number of nitrogens with zero attached hydrogens (tertiary/aromatic N) is 3. The van der Waals surface area contributed by atoms with Gasteiger partial charge in [-0.2, -0.15) is 0 Å². The number of aromatic nitrogens is 4. The molecular formula is C57H36N4O. The van der Waals surface area contributed by atoms with Crippen LogP contribution in [-0.2, 0) is 0 Å². The summed E-state index contributed by atoms with van der Waals surface area (Å²) in [4.78, 5) is 3.81. The van der Waals surface area contributed by atoms with Crippen LogP contribution in [0.25, 0.3) is 122 Å². The minimum absolute atomic E-state index is 0.715. The molecule has 0 atom stereocenters. The number of furan rings is 1. The first-order chi connectivity index (χ1) is 30.8. The van der Waals surface area contributed by atoms with Crippen molar-refractivity contribution in [2.24, 2.45) is 0 Å². The van der Waals surface area contributed by atoms with Crippen LogP contribution in [0.3, 0.4) is 0 Å². The van der Waals surface area contributed by atoms with E-state index in [0.29, 0.717) is 5.69 Å². The highest BCUT2D eigenvalue weighted by atomic mass is 16.3. The van der Waals surface area contributed by atoms with Gasteiger partial charge in [0.15, 0.2) is 0 Å². The first-order valence-corrected chi connectivity index (χ1v) is 20.9. The van der Waals surface area contributed by atoms with Crippen molar-refractivity contribution in [3.8, 4) is 78.1 Å². The molecule has 12 rings (SSSR count). The van der Waals surface area contributed by atoms with Crippen molar-refractivity contribution in [2.75, 3.05) is 0 Å². The third kappa shape index (κ3) is 5.75. The Balaban J connectivity index is 1.24. The molecule has 62 heavy (non-hydrogen) atoms. The highest BCUT2D eigenvalue weighted by Gasteiger charge is 2.28. The molecule has 0 aliphatic heterocycles. The fraction of sp³-hybridized carbons (Fsp3) is 0. The van der Waals surface area contributed by atoms with Gasteiger partial charge in [-0.05, 0) is 62.4 Å². The van der Waals surface area contributed by atoms with Gasteiger partial charge in [-0.1, -0.05) is 194 Å². The Kier molecular flexibility index (Phi) is 8.42. The van der Waals surface area contributed by atoms with Crippen LogP contribution in [-0.4, -0.2) is 20.4 Å². The lowest BCUT2D eigenvalue weighted by Crippen LogP contribution is -2.04. The van der Waals surface area contributed by atoms with Crippen molar-refractivity contribution in [2.45, 2.75) is 0 Å². The predicted molar refractivity (Wildman–Crippen MR) is 255 cm³/mol.